The normalized spacial score (nSPS) is 14.3. The van der Waals surface area contributed by atoms with E-state index in [1.54, 1.807) is 32.3 Å². The summed E-state index contributed by atoms with van der Waals surface area (Å²) >= 11 is 13.0. The van der Waals surface area contributed by atoms with E-state index in [0.29, 0.717) is 53.2 Å². The van der Waals surface area contributed by atoms with Gasteiger partial charge in [-0.1, -0.05) is 23.2 Å². The average molecular weight is 545 g/mol. The summed E-state index contributed by atoms with van der Waals surface area (Å²) in [5.74, 6) is 1.65. The lowest BCUT2D eigenvalue weighted by atomic mass is 10.1. The zero-order valence-corrected chi connectivity index (χ0v) is 22.7. The molecule has 2 aromatic heterocycles. The number of benzene rings is 1. The van der Waals surface area contributed by atoms with Crippen molar-refractivity contribution in [1.82, 2.24) is 30.4 Å². The number of aromatic nitrogens is 4. The molecule has 0 amide bonds. The van der Waals surface area contributed by atoms with Crippen molar-refractivity contribution in [3.8, 4) is 17.1 Å². The molecule has 37 heavy (non-hydrogen) atoms. The van der Waals surface area contributed by atoms with Crippen LogP contribution >= 0.6 is 23.2 Å². The third kappa shape index (κ3) is 5.57. The van der Waals surface area contributed by atoms with Crippen LogP contribution in [0.4, 0.5) is 5.82 Å². The molecule has 1 atom stereocenters. The zero-order valence-electron chi connectivity index (χ0n) is 21.1. The molecule has 4 N–H and O–H groups in total. The van der Waals surface area contributed by atoms with Crippen LogP contribution in [-0.4, -0.2) is 64.4 Å². The van der Waals surface area contributed by atoms with Crippen molar-refractivity contribution in [2.24, 2.45) is 7.05 Å². The van der Waals surface area contributed by atoms with Gasteiger partial charge in [-0.2, -0.15) is 5.10 Å². The number of hydrogen-bond donors (Lipinski definition) is 4. The van der Waals surface area contributed by atoms with Crippen LogP contribution in [0.1, 0.15) is 22.5 Å². The third-order valence-corrected chi connectivity index (χ3v) is 6.81. The van der Waals surface area contributed by atoms with E-state index in [0.717, 1.165) is 28.9 Å². The van der Waals surface area contributed by atoms with Crippen molar-refractivity contribution in [2.75, 3.05) is 32.1 Å². The fraction of sp³-hybridized carbons (Fsp3) is 0.360. The SMILES string of the molecule is CNC[C@@H](O)COc1ccc(Cl)c(-c2nc(/C(NC)=C(\Cl)C=N)c(C)c(N3Cc4cnn(C)c4C3)n2)c1. The summed E-state index contributed by atoms with van der Waals surface area (Å²) in [7, 11) is 5.43. The van der Waals surface area contributed by atoms with E-state index in [9.17, 15) is 5.11 Å². The topological polar surface area (TPSA) is 124 Å². The number of nitrogens with zero attached hydrogens (tertiary/aromatic N) is 5. The van der Waals surface area contributed by atoms with E-state index in [4.69, 9.17) is 43.3 Å². The maximum atomic E-state index is 10.0. The summed E-state index contributed by atoms with van der Waals surface area (Å²) in [6, 6.07) is 5.22. The van der Waals surface area contributed by atoms with Crippen LogP contribution in [0.5, 0.6) is 5.75 Å². The quantitative estimate of drug-likeness (QED) is 0.287. The molecule has 3 aromatic rings. The molecular formula is C25H30Cl2N8O2. The third-order valence-electron chi connectivity index (χ3n) is 6.18. The minimum Gasteiger partial charge on any atom is -0.491 e. The lowest BCUT2D eigenvalue weighted by Crippen LogP contribution is -2.29. The Bertz CT molecular complexity index is 1340. The van der Waals surface area contributed by atoms with Gasteiger partial charge >= 0.3 is 0 Å². The molecule has 0 saturated heterocycles. The highest BCUT2D eigenvalue weighted by Gasteiger charge is 2.28. The Morgan fingerprint density at radius 2 is 2.08 bits per heavy atom. The van der Waals surface area contributed by atoms with Gasteiger partial charge in [-0.3, -0.25) is 4.68 Å². The Morgan fingerprint density at radius 3 is 2.76 bits per heavy atom. The number of aryl methyl sites for hydroxylation is 1. The smallest absolute Gasteiger partial charge is 0.163 e. The lowest BCUT2D eigenvalue weighted by Gasteiger charge is -2.23. The Balaban J connectivity index is 1.81. The van der Waals surface area contributed by atoms with Crippen molar-refractivity contribution in [1.29, 1.82) is 5.41 Å². The van der Waals surface area contributed by atoms with Crippen molar-refractivity contribution >= 4 is 40.9 Å². The van der Waals surface area contributed by atoms with Gasteiger partial charge in [-0.25, -0.2) is 9.97 Å². The van der Waals surface area contributed by atoms with Crippen LogP contribution < -0.4 is 20.3 Å². The van der Waals surface area contributed by atoms with Crippen molar-refractivity contribution in [3.05, 3.63) is 57.0 Å². The van der Waals surface area contributed by atoms with Crippen LogP contribution in [0, 0.1) is 12.3 Å². The summed E-state index contributed by atoms with van der Waals surface area (Å²) in [4.78, 5) is 11.9. The number of allylic oxidation sites excluding steroid dienone is 1. The maximum absolute atomic E-state index is 10.0. The summed E-state index contributed by atoms with van der Waals surface area (Å²) in [6.07, 6.45) is 2.29. The number of anilines is 1. The number of likely N-dealkylation sites (N-methyl/N-ethyl adjacent to an activating group) is 1. The standard InChI is InChI=1S/C25H30Cl2N8O2/c1-14-22(23(30-3)20(27)8-28)32-24(33-25(14)35-11-15-9-31-34(4)21(15)12-35)18-7-17(5-6-19(18)26)37-13-16(36)10-29-2/h5-9,16,28-30,36H,10-13H2,1-4H3/b23-20+,28-8?/t16-/m1/s1. The molecule has 4 rings (SSSR count). The number of fused-ring (bicyclic) bond motifs is 1. The molecule has 0 saturated carbocycles. The molecule has 12 heteroatoms. The van der Waals surface area contributed by atoms with Gasteiger partial charge in [0.2, 0.25) is 0 Å². The first-order chi connectivity index (χ1) is 17.8. The minimum absolute atomic E-state index is 0.120. The van der Waals surface area contributed by atoms with E-state index >= 15 is 0 Å². The van der Waals surface area contributed by atoms with Crippen LogP contribution in [0.25, 0.3) is 17.1 Å². The molecule has 10 nitrogen and oxygen atoms in total. The molecule has 0 fully saturated rings. The first-order valence-corrected chi connectivity index (χ1v) is 12.5. The number of aliphatic hydroxyl groups excluding tert-OH is 1. The second-order valence-electron chi connectivity index (χ2n) is 8.72. The molecular weight excluding hydrogens is 515 g/mol. The number of halogens is 2. The predicted molar refractivity (Wildman–Crippen MR) is 146 cm³/mol. The lowest BCUT2D eigenvalue weighted by molar-refractivity contribution is 0.108. The largest absolute Gasteiger partial charge is 0.491 e. The summed E-state index contributed by atoms with van der Waals surface area (Å²) in [6.45, 7) is 3.76. The monoisotopic (exact) mass is 544 g/mol. The first-order valence-electron chi connectivity index (χ1n) is 11.7. The summed E-state index contributed by atoms with van der Waals surface area (Å²) in [5, 5.41) is 28.7. The number of ether oxygens (including phenoxy) is 1. The Morgan fingerprint density at radius 1 is 1.30 bits per heavy atom. The highest BCUT2D eigenvalue weighted by Crippen LogP contribution is 2.36. The van der Waals surface area contributed by atoms with Gasteiger partial charge in [0.15, 0.2) is 5.82 Å². The van der Waals surface area contributed by atoms with Gasteiger partial charge < -0.3 is 30.8 Å². The predicted octanol–water partition coefficient (Wildman–Crippen LogP) is 3.09. The second-order valence-corrected chi connectivity index (χ2v) is 9.54. The molecule has 0 radical (unpaired) electrons. The fourth-order valence-electron chi connectivity index (χ4n) is 4.29. The molecule has 1 aliphatic rings. The average Bonchev–Trinajstić information content (AvgIpc) is 3.46. The molecule has 196 valence electrons. The number of nitrogens with one attached hydrogen (secondary N) is 3. The van der Waals surface area contributed by atoms with Gasteiger partial charge in [0.1, 0.15) is 24.3 Å². The van der Waals surface area contributed by atoms with E-state index in [2.05, 4.69) is 20.6 Å². The molecule has 1 aliphatic heterocycles. The summed E-state index contributed by atoms with van der Waals surface area (Å²) in [5.41, 5.74) is 4.72. The van der Waals surface area contributed by atoms with Crippen molar-refractivity contribution in [2.45, 2.75) is 26.1 Å². The minimum atomic E-state index is -0.657. The van der Waals surface area contributed by atoms with Gasteiger partial charge in [0, 0.05) is 50.1 Å². The maximum Gasteiger partial charge on any atom is 0.163 e. The highest BCUT2D eigenvalue weighted by atomic mass is 35.5. The first kappa shape index (κ1) is 26.9. The number of rotatable bonds is 10. The van der Waals surface area contributed by atoms with E-state index < -0.39 is 6.10 Å². The Kier molecular flexibility index (Phi) is 8.33. The molecule has 0 bridgehead atoms. The van der Waals surface area contributed by atoms with Gasteiger partial charge in [0.25, 0.3) is 0 Å². The van der Waals surface area contributed by atoms with Crippen LogP contribution in [0.3, 0.4) is 0 Å². The van der Waals surface area contributed by atoms with Gasteiger partial charge in [-0.05, 0) is 32.2 Å². The van der Waals surface area contributed by atoms with Crippen LogP contribution in [0.15, 0.2) is 29.4 Å². The molecule has 3 heterocycles. The van der Waals surface area contributed by atoms with Crippen LogP contribution in [0.2, 0.25) is 5.02 Å². The van der Waals surface area contributed by atoms with Crippen molar-refractivity contribution < 1.29 is 9.84 Å². The van der Waals surface area contributed by atoms with Gasteiger partial charge in [-0.15, -0.1) is 0 Å². The number of hydrogen-bond acceptors (Lipinski definition) is 9. The Labute approximate surface area is 225 Å². The van der Waals surface area contributed by atoms with E-state index in [1.807, 2.05) is 24.9 Å². The van der Waals surface area contributed by atoms with E-state index in [-0.39, 0.29) is 11.6 Å². The highest BCUT2D eigenvalue weighted by molar-refractivity contribution is 6.42. The molecule has 0 unspecified atom stereocenters. The van der Waals surface area contributed by atoms with Gasteiger partial charge in [0.05, 0.1) is 39.9 Å². The second kappa shape index (κ2) is 11.5. The van der Waals surface area contributed by atoms with E-state index in [1.165, 1.54) is 0 Å². The molecule has 1 aromatic carbocycles. The summed E-state index contributed by atoms with van der Waals surface area (Å²) < 4.78 is 7.67. The molecule has 0 spiro atoms. The number of aliphatic hydroxyl groups is 1. The zero-order chi connectivity index (χ0) is 26.7. The van der Waals surface area contributed by atoms with Crippen LogP contribution in [-0.2, 0) is 20.1 Å². The fourth-order valence-corrected chi connectivity index (χ4v) is 4.67. The Hall–Kier alpha value is -3.18. The van der Waals surface area contributed by atoms with Crippen molar-refractivity contribution in [3.63, 3.8) is 0 Å². The molecule has 0 aliphatic carbocycles.